The summed E-state index contributed by atoms with van der Waals surface area (Å²) in [7, 11) is -3.48. The van der Waals surface area contributed by atoms with Crippen LogP contribution < -0.4 is 4.90 Å². The number of rotatable bonds is 4. The fourth-order valence-electron chi connectivity index (χ4n) is 4.76. The van der Waals surface area contributed by atoms with Crippen molar-refractivity contribution in [1.82, 2.24) is 9.29 Å². The van der Waals surface area contributed by atoms with Crippen molar-refractivity contribution >= 4 is 15.8 Å². The second-order valence-electron chi connectivity index (χ2n) is 8.19. The summed E-state index contributed by atoms with van der Waals surface area (Å²) in [5.74, 6) is 1.25. The molecule has 6 nitrogen and oxygen atoms in total. The molecule has 1 aromatic heterocycles. The molecular formula is C23H28N4O2S. The van der Waals surface area contributed by atoms with Gasteiger partial charge >= 0.3 is 0 Å². The van der Waals surface area contributed by atoms with Crippen molar-refractivity contribution < 1.29 is 8.42 Å². The van der Waals surface area contributed by atoms with Gasteiger partial charge in [0.25, 0.3) is 0 Å². The molecule has 0 spiro atoms. The van der Waals surface area contributed by atoms with E-state index in [0.29, 0.717) is 22.9 Å². The Kier molecular flexibility index (Phi) is 6.35. The lowest BCUT2D eigenvalue weighted by molar-refractivity contribution is 0.205. The predicted octanol–water partition coefficient (Wildman–Crippen LogP) is 3.80. The zero-order valence-corrected chi connectivity index (χ0v) is 18.0. The average Bonchev–Trinajstić information content (AvgIpc) is 3.07. The van der Waals surface area contributed by atoms with Gasteiger partial charge in [-0.05, 0) is 55.9 Å². The van der Waals surface area contributed by atoms with Gasteiger partial charge in [0.1, 0.15) is 11.9 Å². The number of piperidine rings is 1. The summed E-state index contributed by atoms with van der Waals surface area (Å²) in [6.45, 7) is 2.33. The lowest BCUT2D eigenvalue weighted by Gasteiger charge is -2.40. The van der Waals surface area contributed by atoms with Crippen molar-refractivity contribution in [3.63, 3.8) is 0 Å². The minimum Gasteiger partial charge on any atom is -0.357 e. The molecule has 2 saturated heterocycles. The van der Waals surface area contributed by atoms with Gasteiger partial charge in [-0.3, -0.25) is 0 Å². The molecule has 2 aliphatic heterocycles. The summed E-state index contributed by atoms with van der Waals surface area (Å²) in [5.41, 5.74) is 0.564. The van der Waals surface area contributed by atoms with Crippen LogP contribution in [0.2, 0.25) is 0 Å². The minimum absolute atomic E-state index is 0.0637. The molecule has 0 aliphatic carbocycles. The molecule has 30 heavy (non-hydrogen) atoms. The molecule has 1 aromatic carbocycles. The molecule has 2 aliphatic rings. The number of sulfonamides is 1. The largest absolute Gasteiger partial charge is 0.357 e. The van der Waals surface area contributed by atoms with E-state index in [1.165, 1.54) is 0 Å². The number of hydrogen-bond donors (Lipinski definition) is 0. The first-order valence-corrected chi connectivity index (χ1v) is 12.2. The van der Waals surface area contributed by atoms with Crippen molar-refractivity contribution in [2.45, 2.75) is 49.5 Å². The Balaban J connectivity index is 1.49. The lowest BCUT2D eigenvalue weighted by Crippen LogP contribution is -2.47. The summed E-state index contributed by atoms with van der Waals surface area (Å²) < 4.78 is 28.6. The normalized spacial score (nSPS) is 21.7. The van der Waals surface area contributed by atoms with Crippen molar-refractivity contribution in [2.24, 2.45) is 5.92 Å². The number of hydrogen-bond acceptors (Lipinski definition) is 5. The number of anilines is 1. The van der Waals surface area contributed by atoms with E-state index in [1.807, 2.05) is 12.1 Å². The fraction of sp³-hybridized carbons (Fsp3) is 0.478. The summed E-state index contributed by atoms with van der Waals surface area (Å²) in [5, 5.41) is 8.96. The molecule has 0 amide bonds. The standard InChI is InChI=1S/C23H28N4O2S/c24-17-19-10-11-23(25-18-19)26-15-12-20(13-16-26)22-9-5-2-6-14-27(22)30(28,29)21-7-3-1-4-8-21/h1,3-4,7-8,10-11,18,20,22H,2,5-6,9,12-16H2/t22-/m1/s1. The van der Waals surface area contributed by atoms with E-state index in [1.54, 1.807) is 40.8 Å². The number of pyridine rings is 1. The van der Waals surface area contributed by atoms with Gasteiger partial charge < -0.3 is 4.90 Å². The van der Waals surface area contributed by atoms with E-state index >= 15 is 0 Å². The molecule has 158 valence electrons. The third-order valence-electron chi connectivity index (χ3n) is 6.38. The second-order valence-corrected chi connectivity index (χ2v) is 10.1. The Morgan fingerprint density at radius 3 is 2.37 bits per heavy atom. The highest BCUT2D eigenvalue weighted by atomic mass is 32.2. The number of benzene rings is 1. The molecule has 7 heteroatoms. The van der Waals surface area contributed by atoms with Crippen molar-refractivity contribution in [3.8, 4) is 6.07 Å². The zero-order valence-electron chi connectivity index (χ0n) is 17.2. The summed E-state index contributed by atoms with van der Waals surface area (Å²) in [6, 6.07) is 14.7. The highest BCUT2D eigenvalue weighted by Gasteiger charge is 2.38. The molecule has 0 bridgehead atoms. The van der Waals surface area contributed by atoms with E-state index in [2.05, 4.69) is 16.0 Å². The molecule has 2 aromatic rings. The van der Waals surface area contributed by atoms with Crippen LogP contribution in [0.4, 0.5) is 5.82 Å². The van der Waals surface area contributed by atoms with Crippen molar-refractivity contribution in [3.05, 3.63) is 54.2 Å². The SMILES string of the molecule is N#Cc1ccc(N2CCC([C@H]3CCCCCN3S(=O)(=O)c3ccccc3)CC2)nc1. The van der Waals surface area contributed by atoms with E-state index in [-0.39, 0.29) is 6.04 Å². The van der Waals surface area contributed by atoms with Gasteiger partial charge in [-0.2, -0.15) is 9.57 Å². The maximum atomic E-state index is 13.4. The maximum Gasteiger partial charge on any atom is 0.243 e. The number of nitriles is 1. The molecule has 3 heterocycles. The molecule has 1 atom stereocenters. The zero-order chi connectivity index (χ0) is 21.0. The van der Waals surface area contributed by atoms with Crippen LogP contribution in [0.3, 0.4) is 0 Å². The summed E-state index contributed by atoms with van der Waals surface area (Å²) >= 11 is 0. The topological polar surface area (TPSA) is 77.3 Å². The number of nitrogens with zero attached hydrogens (tertiary/aromatic N) is 4. The Morgan fingerprint density at radius 2 is 1.70 bits per heavy atom. The number of aromatic nitrogens is 1. The summed E-state index contributed by atoms with van der Waals surface area (Å²) in [4.78, 5) is 7.06. The first-order valence-electron chi connectivity index (χ1n) is 10.8. The smallest absolute Gasteiger partial charge is 0.243 e. The molecule has 4 rings (SSSR count). The Morgan fingerprint density at radius 1 is 0.933 bits per heavy atom. The first kappa shape index (κ1) is 20.8. The highest BCUT2D eigenvalue weighted by Crippen LogP contribution is 2.34. The van der Waals surface area contributed by atoms with Crippen LogP contribution in [0.1, 0.15) is 44.1 Å². The molecule has 0 radical (unpaired) electrons. The minimum atomic E-state index is -3.48. The maximum absolute atomic E-state index is 13.4. The molecular weight excluding hydrogens is 396 g/mol. The predicted molar refractivity (Wildman–Crippen MR) is 116 cm³/mol. The molecule has 0 saturated carbocycles. The van der Waals surface area contributed by atoms with Gasteiger partial charge in [-0.1, -0.05) is 31.0 Å². The first-order chi connectivity index (χ1) is 14.6. The fourth-order valence-corrected chi connectivity index (χ4v) is 6.53. The van der Waals surface area contributed by atoms with Gasteiger partial charge in [-0.15, -0.1) is 0 Å². The van der Waals surface area contributed by atoms with Crippen LogP contribution in [0.25, 0.3) is 0 Å². The molecule has 0 unspecified atom stereocenters. The Labute approximate surface area is 179 Å². The van der Waals surface area contributed by atoms with Gasteiger partial charge in [0, 0.05) is 31.9 Å². The van der Waals surface area contributed by atoms with E-state index < -0.39 is 10.0 Å². The average molecular weight is 425 g/mol. The van der Waals surface area contributed by atoms with Crippen LogP contribution in [0.5, 0.6) is 0 Å². The monoisotopic (exact) mass is 424 g/mol. The third-order valence-corrected chi connectivity index (χ3v) is 8.32. The van der Waals surface area contributed by atoms with Crippen LogP contribution in [-0.2, 0) is 10.0 Å². The third kappa shape index (κ3) is 4.35. The van der Waals surface area contributed by atoms with Crippen LogP contribution in [0.15, 0.2) is 53.6 Å². The molecule has 0 N–H and O–H groups in total. The van der Waals surface area contributed by atoms with Crippen molar-refractivity contribution in [2.75, 3.05) is 24.5 Å². The van der Waals surface area contributed by atoms with E-state index in [9.17, 15) is 8.42 Å². The van der Waals surface area contributed by atoms with E-state index in [0.717, 1.165) is 57.4 Å². The van der Waals surface area contributed by atoms with E-state index in [4.69, 9.17) is 5.26 Å². The van der Waals surface area contributed by atoms with Gasteiger partial charge in [-0.25, -0.2) is 13.4 Å². The van der Waals surface area contributed by atoms with Gasteiger partial charge in [0.15, 0.2) is 0 Å². The van der Waals surface area contributed by atoms with Crippen molar-refractivity contribution in [1.29, 1.82) is 5.26 Å². The van der Waals surface area contributed by atoms with Gasteiger partial charge in [0.05, 0.1) is 10.5 Å². The highest BCUT2D eigenvalue weighted by molar-refractivity contribution is 7.89. The second kappa shape index (κ2) is 9.15. The van der Waals surface area contributed by atoms with Crippen LogP contribution in [0, 0.1) is 17.2 Å². The van der Waals surface area contributed by atoms with Crippen LogP contribution in [-0.4, -0.2) is 43.4 Å². The van der Waals surface area contributed by atoms with Gasteiger partial charge in [0.2, 0.25) is 10.0 Å². The van der Waals surface area contributed by atoms with Crippen LogP contribution >= 0.6 is 0 Å². The Bertz CT molecular complexity index is 978. The summed E-state index contributed by atoms with van der Waals surface area (Å²) in [6.07, 6.45) is 7.55. The Hall–Kier alpha value is -2.43. The molecule has 2 fully saturated rings. The lowest BCUT2D eigenvalue weighted by atomic mass is 9.87. The quantitative estimate of drug-likeness (QED) is 0.746.